The Kier molecular flexibility index (Phi) is 3.80. The highest BCUT2D eigenvalue weighted by Crippen LogP contribution is 2.26. The molecule has 2 aromatic carbocycles. The van der Waals surface area contributed by atoms with E-state index in [-0.39, 0.29) is 5.82 Å². The first kappa shape index (κ1) is 15.5. The number of hydrogen-bond acceptors (Lipinski definition) is 2. The smallest absolute Gasteiger partial charge is 0.233 e. The molecule has 0 amide bonds. The lowest BCUT2D eigenvalue weighted by molar-refractivity contribution is -0.687. The molecule has 4 aromatic rings. The molecule has 0 atom stereocenters. The molecule has 3 nitrogen and oxygen atoms in total. The molecule has 2 aromatic heterocycles. The van der Waals surface area contributed by atoms with Crippen molar-refractivity contribution < 1.29 is 13.4 Å². The molecule has 0 aliphatic heterocycles. The molecule has 0 spiro atoms. The van der Waals surface area contributed by atoms with Crippen molar-refractivity contribution in [1.82, 2.24) is 4.98 Å². The highest BCUT2D eigenvalue weighted by Gasteiger charge is 2.14. The summed E-state index contributed by atoms with van der Waals surface area (Å²) in [4.78, 5) is 4.63. The van der Waals surface area contributed by atoms with Gasteiger partial charge in [0.1, 0.15) is 16.9 Å². The topological polar surface area (TPSA) is 29.9 Å². The van der Waals surface area contributed by atoms with E-state index < -0.39 is 0 Å². The number of nitrogens with zero attached hydrogens (tertiary/aromatic N) is 2. The van der Waals surface area contributed by atoms with Gasteiger partial charge in [-0.25, -0.2) is 9.37 Å². The number of halogens is 1. The Morgan fingerprint density at radius 1 is 1.08 bits per heavy atom. The van der Waals surface area contributed by atoms with E-state index in [1.807, 2.05) is 42.1 Å². The fourth-order valence-corrected chi connectivity index (χ4v) is 3.05. The van der Waals surface area contributed by atoms with E-state index in [2.05, 4.69) is 18.0 Å². The van der Waals surface area contributed by atoms with Gasteiger partial charge in [-0.3, -0.25) is 0 Å². The van der Waals surface area contributed by atoms with Gasteiger partial charge in [0.25, 0.3) is 0 Å². The summed E-state index contributed by atoms with van der Waals surface area (Å²) in [5.41, 5.74) is 5.91. The zero-order valence-electron chi connectivity index (χ0n) is 14.2. The van der Waals surface area contributed by atoms with Crippen molar-refractivity contribution in [3.63, 3.8) is 0 Å². The zero-order chi connectivity index (χ0) is 17.4. The van der Waals surface area contributed by atoms with E-state index in [0.717, 1.165) is 27.8 Å². The second-order valence-electron chi connectivity index (χ2n) is 6.34. The van der Waals surface area contributed by atoms with E-state index in [9.17, 15) is 4.39 Å². The van der Waals surface area contributed by atoms with Crippen LogP contribution in [-0.2, 0) is 6.54 Å². The first-order chi connectivity index (χ1) is 12.1. The lowest BCUT2D eigenvalue weighted by Gasteiger charge is -1.99. The Morgan fingerprint density at radius 2 is 1.88 bits per heavy atom. The standard InChI is InChI=1S/C21H18FN2O/c1-14-10-15(2)20-19(11-14)23-21(25-20)17-4-3-9-24(13-17)12-16-5-7-18(22)8-6-16/h3-11,13H,12H2,1-2H3/q+1. The minimum atomic E-state index is -0.223. The Labute approximate surface area is 145 Å². The van der Waals surface area contributed by atoms with E-state index in [4.69, 9.17) is 4.42 Å². The van der Waals surface area contributed by atoms with E-state index in [0.29, 0.717) is 12.4 Å². The van der Waals surface area contributed by atoms with E-state index in [1.54, 1.807) is 12.1 Å². The summed E-state index contributed by atoms with van der Waals surface area (Å²) >= 11 is 0. The number of aromatic nitrogens is 2. The van der Waals surface area contributed by atoms with Crippen molar-refractivity contribution in [1.29, 1.82) is 0 Å². The molecule has 25 heavy (non-hydrogen) atoms. The second kappa shape index (κ2) is 6.13. The van der Waals surface area contributed by atoms with E-state index in [1.165, 1.54) is 17.7 Å². The van der Waals surface area contributed by atoms with Gasteiger partial charge in [0.2, 0.25) is 5.89 Å². The van der Waals surface area contributed by atoms with Crippen molar-refractivity contribution in [2.24, 2.45) is 0 Å². The quantitative estimate of drug-likeness (QED) is 0.513. The number of pyridine rings is 1. The van der Waals surface area contributed by atoms with Gasteiger partial charge in [0.05, 0.1) is 0 Å². The van der Waals surface area contributed by atoms with Gasteiger partial charge in [0.15, 0.2) is 24.5 Å². The van der Waals surface area contributed by atoms with Crippen LogP contribution in [0.4, 0.5) is 4.39 Å². The first-order valence-corrected chi connectivity index (χ1v) is 8.20. The number of benzene rings is 2. The van der Waals surface area contributed by atoms with Crippen molar-refractivity contribution in [3.05, 3.63) is 83.4 Å². The van der Waals surface area contributed by atoms with Gasteiger partial charge >= 0.3 is 0 Å². The third-order valence-electron chi connectivity index (χ3n) is 4.20. The lowest BCUT2D eigenvalue weighted by Crippen LogP contribution is -2.33. The third-order valence-corrected chi connectivity index (χ3v) is 4.20. The van der Waals surface area contributed by atoms with Crippen LogP contribution in [0, 0.1) is 19.7 Å². The average molecular weight is 333 g/mol. The molecule has 4 rings (SSSR count). The predicted molar refractivity (Wildman–Crippen MR) is 94.6 cm³/mol. The van der Waals surface area contributed by atoms with Crippen LogP contribution < -0.4 is 4.57 Å². The maximum Gasteiger partial charge on any atom is 0.233 e. The summed E-state index contributed by atoms with van der Waals surface area (Å²) in [6, 6.07) is 14.6. The minimum absolute atomic E-state index is 0.223. The summed E-state index contributed by atoms with van der Waals surface area (Å²) < 4.78 is 21.1. The Hall–Kier alpha value is -3.01. The van der Waals surface area contributed by atoms with Crippen molar-refractivity contribution in [2.75, 3.05) is 0 Å². The summed E-state index contributed by atoms with van der Waals surface area (Å²) in [7, 11) is 0. The van der Waals surface area contributed by atoms with Crippen LogP contribution in [0.1, 0.15) is 16.7 Å². The maximum atomic E-state index is 13.0. The van der Waals surface area contributed by atoms with Crippen LogP contribution in [0.3, 0.4) is 0 Å². The molecule has 0 aliphatic rings. The van der Waals surface area contributed by atoms with Crippen LogP contribution in [0.5, 0.6) is 0 Å². The van der Waals surface area contributed by atoms with Crippen molar-refractivity contribution in [2.45, 2.75) is 20.4 Å². The number of fused-ring (bicyclic) bond motifs is 1. The monoisotopic (exact) mass is 333 g/mol. The Morgan fingerprint density at radius 3 is 2.68 bits per heavy atom. The summed E-state index contributed by atoms with van der Waals surface area (Å²) in [6.45, 7) is 4.75. The van der Waals surface area contributed by atoms with Crippen LogP contribution in [0.15, 0.2) is 65.3 Å². The molecular weight excluding hydrogens is 315 g/mol. The highest BCUT2D eigenvalue weighted by atomic mass is 19.1. The van der Waals surface area contributed by atoms with Gasteiger partial charge in [-0.1, -0.05) is 6.07 Å². The van der Waals surface area contributed by atoms with Crippen molar-refractivity contribution >= 4 is 11.1 Å². The van der Waals surface area contributed by atoms with E-state index >= 15 is 0 Å². The van der Waals surface area contributed by atoms with Crippen LogP contribution in [0.2, 0.25) is 0 Å². The molecule has 0 bridgehead atoms. The molecule has 0 radical (unpaired) electrons. The molecule has 2 heterocycles. The zero-order valence-corrected chi connectivity index (χ0v) is 14.2. The second-order valence-corrected chi connectivity index (χ2v) is 6.34. The maximum absolute atomic E-state index is 13.0. The molecule has 0 aliphatic carbocycles. The molecule has 0 unspecified atom stereocenters. The Balaban J connectivity index is 1.69. The van der Waals surface area contributed by atoms with Gasteiger partial charge in [-0.15, -0.1) is 0 Å². The number of hydrogen-bond donors (Lipinski definition) is 0. The minimum Gasteiger partial charge on any atom is -0.436 e. The fraction of sp³-hybridized carbons (Fsp3) is 0.143. The number of aryl methyl sites for hydroxylation is 2. The summed E-state index contributed by atoms with van der Waals surface area (Å²) in [5.74, 6) is 0.386. The number of rotatable bonds is 3. The average Bonchev–Trinajstić information content (AvgIpc) is 3.02. The number of oxazole rings is 1. The SMILES string of the molecule is Cc1cc(C)c2oc(-c3ccc[n+](Cc4ccc(F)cc4)c3)nc2c1. The van der Waals surface area contributed by atoms with Gasteiger partial charge in [-0.2, -0.15) is 4.57 Å². The first-order valence-electron chi connectivity index (χ1n) is 8.20. The fourth-order valence-electron chi connectivity index (χ4n) is 3.05. The third kappa shape index (κ3) is 3.15. The Bertz CT molecular complexity index is 1050. The summed E-state index contributed by atoms with van der Waals surface area (Å²) in [5, 5.41) is 0. The molecule has 4 heteroatoms. The molecule has 124 valence electrons. The van der Waals surface area contributed by atoms with Gasteiger partial charge < -0.3 is 4.42 Å². The van der Waals surface area contributed by atoms with Gasteiger partial charge in [0, 0.05) is 11.6 Å². The van der Waals surface area contributed by atoms with Crippen LogP contribution >= 0.6 is 0 Å². The van der Waals surface area contributed by atoms with Crippen LogP contribution in [-0.4, -0.2) is 4.98 Å². The summed E-state index contributed by atoms with van der Waals surface area (Å²) in [6.07, 6.45) is 3.97. The predicted octanol–water partition coefficient (Wildman–Crippen LogP) is 4.59. The molecule has 0 saturated heterocycles. The highest BCUT2D eigenvalue weighted by molar-refractivity contribution is 5.79. The molecular formula is C21H18FN2O+. The molecule has 0 fully saturated rings. The normalized spacial score (nSPS) is 11.2. The van der Waals surface area contributed by atoms with Crippen LogP contribution in [0.25, 0.3) is 22.6 Å². The van der Waals surface area contributed by atoms with Gasteiger partial charge in [-0.05, 0) is 61.4 Å². The molecule has 0 saturated carbocycles. The largest absolute Gasteiger partial charge is 0.436 e. The molecule has 0 N–H and O–H groups in total. The lowest BCUT2D eigenvalue weighted by atomic mass is 10.1. The van der Waals surface area contributed by atoms with Crippen molar-refractivity contribution in [3.8, 4) is 11.5 Å².